The fraction of sp³-hybridized carbons (Fsp3) is 0.625. The molecule has 1 fully saturated rings. The van der Waals surface area contributed by atoms with Crippen LogP contribution in [0.15, 0.2) is 12.1 Å². The van der Waals surface area contributed by atoms with Crippen molar-refractivity contribution in [3.05, 3.63) is 34.4 Å². The molecule has 1 saturated carbocycles. The Balaban J connectivity index is 2.24. The molecular weight excluding hydrogens is 206 g/mol. The molecule has 0 amide bonds. The van der Waals surface area contributed by atoms with Crippen LogP contribution in [0.4, 0.5) is 0 Å². The molecule has 0 saturated heterocycles. The van der Waals surface area contributed by atoms with Gasteiger partial charge in [0.2, 0.25) is 0 Å². The van der Waals surface area contributed by atoms with Crippen molar-refractivity contribution in [2.45, 2.75) is 58.9 Å². The fourth-order valence-corrected chi connectivity index (χ4v) is 3.43. The predicted molar refractivity (Wildman–Crippen MR) is 74.3 cm³/mol. The van der Waals surface area contributed by atoms with Crippen molar-refractivity contribution in [1.29, 1.82) is 0 Å². The second kappa shape index (κ2) is 4.45. The van der Waals surface area contributed by atoms with E-state index in [0.717, 1.165) is 12.3 Å². The first-order valence-electron chi connectivity index (χ1n) is 6.75. The van der Waals surface area contributed by atoms with Crippen LogP contribution in [0.5, 0.6) is 0 Å². The highest BCUT2D eigenvalue weighted by Crippen LogP contribution is 2.36. The summed E-state index contributed by atoms with van der Waals surface area (Å²) in [4.78, 5) is 0. The lowest BCUT2D eigenvalue weighted by Crippen LogP contribution is -2.39. The van der Waals surface area contributed by atoms with E-state index in [9.17, 15) is 0 Å². The van der Waals surface area contributed by atoms with Crippen LogP contribution in [0.1, 0.15) is 48.4 Å². The highest BCUT2D eigenvalue weighted by molar-refractivity contribution is 5.38. The zero-order valence-electron chi connectivity index (χ0n) is 11.6. The minimum Gasteiger partial charge on any atom is -0.325 e. The molecule has 94 valence electrons. The monoisotopic (exact) mass is 231 g/mol. The van der Waals surface area contributed by atoms with E-state index in [2.05, 4.69) is 39.8 Å². The summed E-state index contributed by atoms with van der Waals surface area (Å²) in [6.45, 7) is 8.93. The molecule has 17 heavy (non-hydrogen) atoms. The maximum atomic E-state index is 6.56. The first kappa shape index (κ1) is 12.6. The van der Waals surface area contributed by atoms with Gasteiger partial charge in [-0.15, -0.1) is 0 Å². The maximum absolute atomic E-state index is 6.56. The minimum atomic E-state index is 0.0458. The van der Waals surface area contributed by atoms with Crippen molar-refractivity contribution < 1.29 is 0 Å². The van der Waals surface area contributed by atoms with Crippen LogP contribution in [-0.4, -0.2) is 5.54 Å². The molecule has 0 aromatic heterocycles. The molecule has 0 radical (unpaired) electrons. The van der Waals surface area contributed by atoms with Gasteiger partial charge in [0.1, 0.15) is 0 Å². The van der Waals surface area contributed by atoms with Crippen molar-refractivity contribution in [3.63, 3.8) is 0 Å². The third-order valence-electron chi connectivity index (χ3n) is 4.26. The third kappa shape index (κ3) is 2.71. The molecule has 1 nitrogen and oxygen atoms in total. The summed E-state index contributed by atoms with van der Waals surface area (Å²) in [5, 5.41) is 0. The Morgan fingerprint density at radius 2 is 1.82 bits per heavy atom. The molecule has 1 aromatic rings. The lowest BCUT2D eigenvalue weighted by atomic mass is 9.85. The van der Waals surface area contributed by atoms with E-state index in [1.807, 2.05) is 0 Å². The third-order valence-corrected chi connectivity index (χ3v) is 4.26. The number of hydrogen-bond acceptors (Lipinski definition) is 1. The lowest BCUT2D eigenvalue weighted by molar-refractivity contribution is 0.418. The van der Waals surface area contributed by atoms with Gasteiger partial charge in [-0.25, -0.2) is 0 Å². The van der Waals surface area contributed by atoms with Gasteiger partial charge in [0.25, 0.3) is 0 Å². The van der Waals surface area contributed by atoms with Gasteiger partial charge >= 0.3 is 0 Å². The van der Waals surface area contributed by atoms with Crippen LogP contribution in [-0.2, 0) is 6.42 Å². The van der Waals surface area contributed by atoms with Gasteiger partial charge in [0.15, 0.2) is 0 Å². The molecule has 2 unspecified atom stereocenters. The van der Waals surface area contributed by atoms with Crippen molar-refractivity contribution in [2.24, 2.45) is 11.7 Å². The second-order valence-corrected chi connectivity index (χ2v) is 6.26. The van der Waals surface area contributed by atoms with Crippen LogP contribution in [0.2, 0.25) is 0 Å². The SMILES string of the molecule is Cc1cc(C)c(CC2(N)CCC(C)C2)c(C)c1. The van der Waals surface area contributed by atoms with E-state index in [1.165, 1.54) is 41.5 Å². The molecule has 0 bridgehead atoms. The Morgan fingerprint density at radius 1 is 1.24 bits per heavy atom. The largest absolute Gasteiger partial charge is 0.325 e. The Hall–Kier alpha value is -0.820. The molecule has 1 aliphatic carbocycles. The highest BCUT2D eigenvalue weighted by Gasteiger charge is 2.34. The quantitative estimate of drug-likeness (QED) is 0.825. The van der Waals surface area contributed by atoms with Gasteiger partial charge in [-0.05, 0) is 69.1 Å². The summed E-state index contributed by atoms with van der Waals surface area (Å²) >= 11 is 0. The van der Waals surface area contributed by atoms with Crippen LogP contribution >= 0.6 is 0 Å². The van der Waals surface area contributed by atoms with Gasteiger partial charge in [0, 0.05) is 5.54 Å². The minimum absolute atomic E-state index is 0.0458. The standard InChI is InChI=1S/C16H25N/c1-11-5-6-16(17,9-11)10-15-13(3)7-12(2)8-14(15)4/h7-8,11H,5-6,9-10,17H2,1-4H3. The van der Waals surface area contributed by atoms with Gasteiger partial charge in [-0.2, -0.15) is 0 Å². The van der Waals surface area contributed by atoms with E-state index < -0.39 is 0 Å². The summed E-state index contributed by atoms with van der Waals surface area (Å²) in [5.74, 6) is 0.797. The molecule has 2 N–H and O–H groups in total. The Bertz CT molecular complexity index is 399. The molecular formula is C16H25N. The molecule has 2 atom stereocenters. The highest BCUT2D eigenvalue weighted by atomic mass is 14.8. The number of hydrogen-bond donors (Lipinski definition) is 1. The van der Waals surface area contributed by atoms with Gasteiger partial charge in [-0.1, -0.05) is 24.6 Å². The van der Waals surface area contributed by atoms with E-state index in [1.54, 1.807) is 0 Å². The van der Waals surface area contributed by atoms with Crippen molar-refractivity contribution >= 4 is 0 Å². The maximum Gasteiger partial charge on any atom is 0.0197 e. The fourth-order valence-electron chi connectivity index (χ4n) is 3.43. The van der Waals surface area contributed by atoms with Crippen molar-refractivity contribution in [3.8, 4) is 0 Å². The summed E-state index contributed by atoms with van der Waals surface area (Å²) < 4.78 is 0. The van der Waals surface area contributed by atoms with E-state index in [4.69, 9.17) is 5.73 Å². The average Bonchev–Trinajstić information content (AvgIpc) is 2.53. The Labute approximate surface area is 105 Å². The van der Waals surface area contributed by atoms with Crippen LogP contribution in [0.25, 0.3) is 0 Å². The molecule has 2 rings (SSSR count). The summed E-state index contributed by atoms with van der Waals surface area (Å²) in [5.41, 5.74) is 12.3. The molecule has 1 aliphatic rings. The molecule has 0 spiro atoms. The van der Waals surface area contributed by atoms with Crippen molar-refractivity contribution in [2.75, 3.05) is 0 Å². The number of benzene rings is 1. The molecule has 0 aliphatic heterocycles. The number of rotatable bonds is 2. The van der Waals surface area contributed by atoms with E-state index in [0.29, 0.717) is 0 Å². The van der Waals surface area contributed by atoms with Gasteiger partial charge < -0.3 is 5.73 Å². The summed E-state index contributed by atoms with van der Waals surface area (Å²) in [7, 11) is 0. The zero-order valence-corrected chi connectivity index (χ0v) is 11.6. The van der Waals surface area contributed by atoms with Gasteiger partial charge in [0.05, 0.1) is 0 Å². The lowest BCUT2D eigenvalue weighted by Gasteiger charge is -2.26. The summed E-state index contributed by atoms with van der Waals surface area (Å²) in [6, 6.07) is 4.56. The van der Waals surface area contributed by atoms with Crippen LogP contribution in [0.3, 0.4) is 0 Å². The Morgan fingerprint density at radius 3 is 2.29 bits per heavy atom. The normalized spacial score (nSPS) is 28.6. The smallest absolute Gasteiger partial charge is 0.0197 e. The number of nitrogens with two attached hydrogens (primary N) is 1. The molecule has 1 heteroatoms. The van der Waals surface area contributed by atoms with Crippen LogP contribution < -0.4 is 5.73 Å². The first-order chi connectivity index (χ1) is 7.89. The first-order valence-corrected chi connectivity index (χ1v) is 6.75. The van der Waals surface area contributed by atoms with Crippen molar-refractivity contribution in [1.82, 2.24) is 0 Å². The van der Waals surface area contributed by atoms with E-state index >= 15 is 0 Å². The van der Waals surface area contributed by atoms with Crippen LogP contribution in [0, 0.1) is 26.7 Å². The average molecular weight is 231 g/mol. The summed E-state index contributed by atoms with van der Waals surface area (Å²) in [6.07, 6.45) is 4.70. The Kier molecular flexibility index (Phi) is 3.31. The molecule has 1 aromatic carbocycles. The topological polar surface area (TPSA) is 26.0 Å². The van der Waals surface area contributed by atoms with Gasteiger partial charge in [-0.3, -0.25) is 0 Å². The predicted octanol–water partition coefficient (Wildman–Crippen LogP) is 3.67. The zero-order chi connectivity index (χ0) is 12.6. The number of aryl methyl sites for hydroxylation is 3. The second-order valence-electron chi connectivity index (χ2n) is 6.26. The van der Waals surface area contributed by atoms with E-state index in [-0.39, 0.29) is 5.54 Å². The molecule has 0 heterocycles.